The summed E-state index contributed by atoms with van der Waals surface area (Å²) >= 11 is 0. The Kier molecular flexibility index (Phi) is 3.46. The van der Waals surface area contributed by atoms with Crippen LogP contribution in [0.1, 0.15) is 36.9 Å². The van der Waals surface area contributed by atoms with Gasteiger partial charge in [0.15, 0.2) is 5.60 Å². The van der Waals surface area contributed by atoms with Crippen molar-refractivity contribution in [3.05, 3.63) is 17.5 Å². The quantitative estimate of drug-likeness (QED) is 0.851. The highest BCUT2D eigenvalue weighted by Crippen LogP contribution is 2.33. The van der Waals surface area contributed by atoms with Gasteiger partial charge in [-0.25, -0.2) is 0 Å². The van der Waals surface area contributed by atoms with Gasteiger partial charge in [0.2, 0.25) is 0 Å². The average molecular weight is 304 g/mol. The molecule has 0 bridgehead atoms. The van der Waals surface area contributed by atoms with E-state index in [2.05, 4.69) is 15.1 Å². The molecule has 2 N–H and O–H groups in total. The molecule has 1 aliphatic carbocycles. The highest BCUT2D eigenvalue weighted by molar-refractivity contribution is 5.86. The van der Waals surface area contributed by atoms with Crippen LogP contribution in [-0.4, -0.2) is 62.8 Å². The molecule has 1 aromatic rings. The molecule has 1 saturated heterocycles. The number of β-amino-alcohol motifs (C(OH)–C–C–N with tert-alkyl or cyclic N) is 1. The van der Waals surface area contributed by atoms with Crippen LogP contribution in [0.3, 0.4) is 0 Å². The van der Waals surface area contributed by atoms with Crippen LogP contribution in [0.15, 0.2) is 6.20 Å². The molecular weight excluding hydrogens is 280 g/mol. The third-order valence-electron chi connectivity index (χ3n) is 5.24. The number of hydrogen-bond acceptors (Lipinski definition) is 4. The van der Waals surface area contributed by atoms with Gasteiger partial charge in [0.25, 0.3) is 5.91 Å². The smallest absolute Gasteiger partial charge is 0.255 e. The number of nitrogens with one attached hydrogen (secondary N) is 1. The highest BCUT2D eigenvalue weighted by atomic mass is 16.3. The first-order chi connectivity index (χ1) is 10.6. The van der Waals surface area contributed by atoms with Gasteiger partial charge in [-0.3, -0.25) is 14.8 Å². The summed E-state index contributed by atoms with van der Waals surface area (Å²) in [7, 11) is 0. The van der Waals surface area contributed by atoms with E-state index >= 15 is 0 Å². The molecule has 1 amide bonds. The minimum absolute atomic E-state index is 0.0522. The van der Waals surface area contributed by atoms with Gasteiger partial charge in [-0.1, -0.05) is 0 Å². The zero-order chi connectivity index (χ0) is 15.2. The summed E-state index contributed by atoms with van der Waals surface area (Å²) in [5.74, 6) is 0.624. The number of carbonyl (C=O) groups excluding carboxylic acids is 1. The van der Waals surface area contributed by atoms with E-state index in [0.717, 1.165) is 39.0 Å². The minimum atomic E-state index is -1.20. The van der Waals surface area contributed by atoms with Crippen molar-refractivity contribution < 1.29 is 9.90 Å². The van der Waals surface area contributed by atoms with E-state index in [1.807, 2.05) is 11.1 Å². The van der Waals surface area contributed by atoms with Crippen LogP contribution in [0, 0.1) is 5.92 Å². The number of likely N-dealkylation sites (tertiary alicyclic amines) is 1. The van der Waals surface area contributed by atoms with E-state index < -0.39 is 5.60 Å². The van der Waals surface area contributed by atoms with Gasteiger partial charge < -0.3 is 10.0 Å². The van der Waals surface area contributed by atoms with Gasteiger partial charge in [-0.2, -0.15) is 5.10 Å². The van der Waals surface area contributed by atoms with Gasteiger partial charge in [-0.05, 0) is 31.6 Å². The predicted octanol–water partition coefficient (Wildman–Crippen LogP) is 0.531. The van der Waals surface area contributed by atoms with E-state index in [0.29, 0.717) is 18.9 Å². The largest absolute Gasteiger partial charge is 0.379 e. The Bertz CT molecular complexity index is 568. The Balaban J connectivity index is 1.43. The molecule has 6 nitrogen and oxygen atoms in total. The van der Waals surface area contributed by atoms with Crippen molar-refractivity contribution in [1.82, 2.24) is 20.0 Å². The number of carbonyl (C=O) groups is 1. The van der Waals surface area contributed by atoms with Gasteiger partial charge in [0.05, 0.1) is 6.20 Å². The Morgan fingerprint density at radius 3 is 3.09 bits per heavy atom. The lowest BCUT2D eigenvalue weighted by Gasteiger charge is -2.41. The molecule has 22 heavy (non-hydrogen) atoms. The van der Waals surface area contributed by atoms with Crippen molar-refractivity contribution in [3.63, 3.8) is 0 Å². The summed E-state index contributed by atoms with van der Waals surface area (Å²) < 4.78 is 0. The van der Waals surface area contributed by atoms with E-state index in [4.69, 9.17) is 0 Å². The van der Waals surface area contributed by atoms with Crippen LogP contribution in [0.5, 0.6) is 0 Å². The monoisotopic (exact) mass is 304 g/mol. The standard InChI is InChI=1S/C16H24N4O2/c21-15-16(22,5-1-6-20(15)9-12-2-3-12)11-19-7-4-14-13(10-19)8-17-18-14/h8,12,22H,1-7,9-11H2,(H,17,18). The number of nitrogens with zero attached hydrogens (tertiary/aromatic N) is 3. The summed E-state index contributed by atoms with van der Waals surface area (Å²) in [6.07, 6.45) is 6.72. The minimum Gasteiger partial charge on any atom is -0.379 e. The fourth-order valence-corrected chi connectivity index (χ4v) is 3.78. The topological polar surface area (TPSA) is 72.5 Å². The molecular formula is C16H24N4O2. The maximum Gasteiger partial charge on any atom is 0.255 e. The normalized spacial score (nSPS) is 29.7. The molecule has 6 heteroatoms. The fraction of sp³-hybridized carbons (Fsp3) is 0.750. The highest BCUT2D eigenvalue weighted by Gasteiger charge is 2.44. The van der Waals surface area contributed by atoms with Crippen LogP contribution in [-0.2, 0) is 17.8 Å². The van der Waals surface area contributed by atoms with Crippen molar-refractivity contribution in [2.75, 3.05) is 26.2 Å². The molecule has 1 unspecified atom stereocenters. The summed E-state index contributed by atoms with van der Waals surface area (Å²) in [5, 5.41) is 18.0. The average Bonchev–Trinajstić information content (AvgIpc) is 3.19. The summed E-state index contributed by atoms with van der Waals surface area (Å²) in [4.78, 5) is 16.8. The Hall–Kier alpha value is -1.40. The number of hydrogen-bond donors (Lipinski definition) is 2. The first kappa shape index (κ1) is 14.2. The van der Waals surface area contributed by atoms with Crippen molar-refractivity contribution in [3.8, 4) is 0 Å². The molecule has 0 spiro atoms. The van der Waals surface area contributed by atoms with Crippen molar-refractivity contribution >= 4 is 5.91 Å². The summed E-state index contributed by atoms with van der Waals surface area (Å²) in [6, 6.07) is 0. The molecule has 2 fully saturated rings. The molecule has 0 aromatic carbocycles. The van der Waals surface area contributed by atoms with E-state index in [9.17, 15) is 9.90 Å². The number of fused-ring (bicyclic) bond motifs is 1. The Morgan fingerprint density at radius 1 is 1.41 bits per heavy atom. The second-order valence-electron chi connectivity index (χ2n) is 7.16. The third-order valence-corrected chi connectivity index (χ3v) is 5.24. The Morgan fingerprint density at radius 2 is 2.27 bits per heavy atom. The van der Waals surface area contributed by atoms with Crippen LogP contribution in [0.4, 0.5) is 0 Å². The fourth-order valence-electron chi connectivity index (χ4n) is 3.78. The van der Waals surface area contributed by atoms with Gasteiger partial charge in [-0.15, -0.1) is 0 Å². The van der Waals surface area contributed by atoms with Crippen LogP contribution < -0.4 is 0 Å². The number of aromatic amines is 1. The number of piperidine rings is 1. The molecule has 4 rings (SSSR count). The van der Waals surface area contributed by atoms with Crippen molar-refractivity contribution in [2.45, 2.75) is 44.2 Å². The number of aromatic nitrogens is 2. The van der Waals surface area contributed by atoms with Crippen LogP contribution >= 0.6 is 0 Å². The molecule has 1 saturated carbocycles. The maximum atomic E-state index is 12.7. The SMILES string of the molecule is O=C1N(CC2CC2)CCCC1(O)CN1CCc2[nH]ncc2C1. The third kappa shape index (κ3) is 2.65. The van der Waals surface area contributed by atoms with Crippen LogP contribution in [0.2, 0.25) is 0 Å². The lowest BCUT2D eigenvalue weighted by molar-refractivity contribution is -0.160. The molecule has 3 aliphatic rings. The molecule has 0 radical (unpaired) electrons. The molecule has 1 aromatic heterocycles. The number of aliphatic hydroxyl groups is 1. The first-order valence-corrected chi connectivity index (χ1v) is 8.39. The Labute approximate surface area is 130 Å². The van der Waals surface area contributed by atoms with E-state index in [1.165, 1.54) is 24.1 Å². The number of H-pyrrole nitrogens is 1. The molecule has 2 aliphatic heterocycles. The zero-order valence-corrected chi connectivity index (χ0v) is 12.9. The molecule has 1 atom stereocenters. The lowest BCUT2D eigenvalue weighted by atomic mass is 9.90. The number of rotatable bonds is 4. The molecule has 3 heterocycles. The lowest BCUT2D eigenvalue weighted by Crippen LogP contribution is -2.59. The number of amides is 1. The van der Waals surface area contributed by atoms with Gasteiger partial charge in [0.1, 0.15) is 0 Å². The van der Waals surface area contributed by atoms with Crippen LogP contribution in [0.25, 0.3) is 0 Å². The van der Waals surface area contributed by atoms with E-state index in [1.54, 1.807) is 0 Å². The second-order valence-corrected chi connectivity index (χ2v) is 7.16. The van der Waals surface area contributed by atoms with Gasteiger partial charge in [0, 0.05) is 50.4 Å². The van der Waals surface area contributed by atoms with Crippen molar-refractivity contribution in [1.29, 1.82) is 0 Å². The van der Waals surface area contributed by atoms with Gasteiger partial charge >= 0.3 is 0 Å². The maximum absolute atomic E-state index is 12.7. The summed E-state index contributed by atoms with van der Waals surface area (Å²) in [5.41, 5.74) is 1.18. The molecule has 120 valence electrons. The van der Waals surface area contributed by atoms with E-state index in [-0.39, 0.29) is 5.91 Å². The predicted molar refractivity (Wildman–Crippen MR) is 81.1 cm³/mol. The summed E-state index contributed by atoms with van der Waals surface area (Å²) in [6.45, 7) is 3.73. The second kappa shape index (κ2) is 5.35. The zero-order valence-electron chi connectivity index (χ0n) is 12.9. The van der Waals surface area contributed by atoms with Crippen molar-refractivity contribution in [2.24, 2.45) is 5.92 Å². The first-order valence-electron chi connectivity index (χ1n) is 8.39.